The van der Waals surface area contributed by atoms with Crippen LogP contribution in [0.4, 0.5) is 11.4 Å². The quantitative estimate of drug-likeness (QED) is 0.822. The Hall–Kier alpha value is -1.78. The summed E-state index contributed by atoms with van der Waals surface area (Å²) in [5.74, 6) is -0.173. The Balaban J connectivity index is 3.20. The Kier molecular flexibility index (Phi) is 4.98. The lowest BCUT2D eigenvalue weighted by molar-refractivity contribution is 0.521. The van der Waals surface area contributed by atoms with E-state index in [0.29, 0.717) is 17.9 Å². The topological polar surface area (TPSA) is 90.4 Å². The fourth-order valence-electron chi connectivity index (χ4n) is 1.78. The van der Waals surface area contributed by atoms with Crippen molar-refractivity contribution in [3.63, 3.8) is 0 Å². The predicted octanol–water partition coefficient (Wildman–Crippen LogP) is 1.11. The second-order valence-corrected chi connectivity index (χ2v) is 7.07. The molecule has 0 saturated carbocycles. The fourth-order valence-corrected chi connectivity index (χ4v) is 2.70. The molecule has 1 rings (SSSR count). The molecule has 1 unspecified atom stereocenters. The maximum absolute atomic E-state index is 12.1. The Bertz CT molecular complexity index is 620. The van der Waals surface area contributed by atoms with Gasteiger partial charge in [-0.05, 0) is 25.1 Å². The van der Waals surface area contributed by atoms with Crippen molar-refractivity contribution >= 4 is 21.4 Å². The molecular formula is C13H20N4O2S. The highest BCUT2D eigenvalue weighted by Crippen LogP contribution is 2.27. The number of sulfonamides is 1. The molecule has 1 aromatic carbocycles. The van der Waals surface area contributed by atoms with Gasteiger partial charge in [-0.25, -0.2) is 12.7 Å². The first-order chi connectivity index (χ1) is 9.20. The van der Waals surface area contributed by atoms with Gasteiger partial charge >= 0.3 is 0 Å². The summed E-state index contributed by atoms with van der Waals surface area (Å²) in [5.41, 5.74) is 6.98. The predicted molar refractivity (Wildman–Crippen MR) is 79.8 cm³/mol. The van der Waals surface area contributed by atoms with E-state index >= 15 is 0 Å². The van der Waals surface area contributed by atoms with E-state index in [1.165, 1.54) is 26.2 Å². The zero-order valence-corrected chi connectivity index (χ0v) is 13.0. The standard InChI is InChI=1S/C13H20N4O2S/c1-10(8-14)9-17(4)13-7-11(5-6-12(13)15)20(18,19)16(2)3/h5-7,10H,9,15H2,1-4H3. The van der Waals surface area contributed by atoms with Crippen molar-refractivity contribution in [3.05, 3.63) is 18.2 Å². The molecule has 0 aliphatic heterocycles. The summed E-state index contributed by atoms with van der Waals surface area (Å²) >= 11 is 0. The van der Waals surface area contributed by atoms with Gasteiger partial charge in [-0.3, -0.25) is 0 Å². The first-order valence-corrected chi connectivity index (χ1v) is 7.57. The minimum absolute atomic E-state index is 0.173. The van der Waals surface area contributed by atoms with Crippen LogP contribution >= 0.6 is 0 Å². The molecule has 0 bridgehead atoms. The van der Waals surface area contributed by atoms with Crippen LogP contribution in [-0.2, 0) is 10.0 Å². The SMILES string of the molecule is CC(C#N)CN(C)c1cc(S(=O)(=O)N(C)C)ccc1N. The van der Waals surface area contributed by atoms with Crippen molar-refractivity contribution in [1.29, 1.82) is 5.26 Å². The summed E-state index contributed by atoms with van der Waals surface area (Å²) in [7, 11) is 1.24. The Morgan fingerprint density at radius 3 is 2.45 bits per heavy atom. The third-order valence-electron chi connectivity index (χ3n) is 2.96. The number of benzene rings is 1. The van der Waals surface area contributed by atoms with Crippen LogP contribution in [0.15, 0.2) is 23.1 Å². The van der Waals surface area contributed by atoms with Gasteiger partial charge < -0.3 is 10.6 Å². The molecule has 0 amide bonds. The van der Waals surface area contributed by atoms with Crippen LogP contribution in [0.3, 0.4) is 0 Å². The van der Waals surface area contributed by atoms with E-state index in [9.17, 15) is 8.42 Å². The number of nitrogen functional groups attached to an aromatic ring is 1. The van der Waals surface area contributed by atoms with Crippen molar-refractivity contribution in [1.82, 2.24) is 4.31 Å². The average molecular weight is 296 g/mol. The summed E-state index contributed by atoms with van der Waals surface area (Å²) in [6.07, 6.45) is 0. The maximum Gasteiger partial charge on any atom is 0.242 e. The number of hydrogen-bond acceptors (Lipinski definition) is 5. The van der Waals surface area contributed by atoms with Gasteiger partial charge in [0.1, 0.15) is 0 Å². The molecule has 0 heterocycles. The lowest BCUT2D eigenvalue weighted by Gasteiger charge is -2.23. The van der Waals surface area contributed by atoms with Crippen LogP contribution in [0.2, 0.25) is 0 Å². The monoisotopic (exact) mass is 296 g/mol. The number of nitrogens with zero attached hydrogens (tertiary/aromatic N) is 3. The third kappa shape index (κ3) is 3.40. The molecule has 0 aliphatic rings. The van der Waals surface area contributed by atoms with Crippen molar-refractivity contribution < 1.29 is 8.42 Å². The molecular weight excluding hydrogens is 276 g/mol. The van der Waals surface area contributed by atoms with Gasteiger partial charge in [0, 0.05) is 27.7 Å². The Morgan fingerprint density at radius 2 is 1.95 bits per heavy atom. The summed E-state index contributed by atoms with van der Waals surface area (Å²) in [5, 5.41) is 8.85. The third-order valence-corrected chi connectivity index (χ3v) is 4.77. The van der Waals surface area contributed by atoms with Crippen LogP contribution < -0.4 is 10.6 Å². The lowest BCUT2D eigenvalue weighted by Crippen LogP contribution is -2.26. The van der Waals surface area contributed by atoms with Gasteiger partial charge in [0.05, 0.1) is 28.3 Å². The number of anilines is 2. The zero-order valence-electron chi connectivity index (χ0n) is 12.2. The Morgan fingerprint density at radius 1 is 1.35 bits per heavy atom. The van der Waals surface area contributed by atoms with Crippen molar-refractivity contribution in [2.45, 2.75) is 11.8 Å². The molecule has 110 valence electrons. The van der Waals surface area contributed by atoms with Crippen molar-refractivity contribution in [2.24, 2.45) is 5.92 Å². The lowest BCUT2D eigenvalue weighted by atomic mass is 10.2. The highest BCUT2D eigenvalue weighted by atomic mass is 32.2. The second kappa shape index (κ2) is 6.11. The van der Waals surface area contributed by atoms with Gasteiger partial charge in [-0.15, -0.1) is 0 Å². The molecule has 0 aliphatic carbocycles. The van der Waals surface area contributed by atoms with Gasteiger partial charge in [0.15, 0.2) is 0 Å². The van der Waals surface area contributed by atoms with Crippen LogP contribution in [0.25, 0.3) is 0 Å². The maximum atomic E-state index is 12.1. The number of nitrogens with two attached hydrogens (primary N) is 1. The van der Waals surface area contributed by atoms with Gasteiger partial charge in [-0.2, -0.15) is 5.26 Å². The molecule has 1 aromatic rings. The minimum atomic E-state index is -3.50. The largest absolute Gasteiger partial charge is 0.397 e. The van der Waals surface area contributed by atoms with Crippen LogP contribution in [0.5, 0.6) is 0 Å². The van der Waals surface area contributed by atoms with E-state index in [2.05, 4.69) is 6.07 Å². The van der Waals surface area contributed by atoms with E-state index in [1.54, 1.807) is 24.9 Å². The summed E-state index contributed by atoms with van der Waals surface area (Å²) < 4.78 is 25.4. The fraction of sp³-hybridized carbons (Fsp3) is 0.462. The molecule has 2 N–H and O–H groups in total. The summed E-state index contributed by atoms with van der Waals surface area (Å²) in [4.78, 5) is 1.97. The van der Waals surface area contributed by atoms with Gasteiger partial charge in [0.25, 0.3) is 0 Å². The van der Waals surface area contributed by atoms with E-state index in [0.717, 1.165) is 4.31 Å². The van der Waals surface area contributed by atoms with Crippen LogP contribution in [0, 0.1) is 17.2 Å². The molecule has 0 radical (unpaired) electrons. The van der Waals surface area contributed by atoms with E-state index < -0.39 is 10.0 Å². The molecule has 7 heteroatoms. The van der Waals surface area contributed by atoms with Crippen LogP contribution in [0.1, 0.15) is 6.92 Å². The first kappa shape index (κ1) is 16.3. The first-order valence-electron chi connectivity index (χ1n) is 6.13. The second-order valence-electron chi connectivity index (χ2n) is 4.92. The summed E-state index contributed by atoms with van der Waals surface area (Å²) in [6, 6.07) is 6.73. The Labute approximate surface area is 120 Å². The van der Waals surface area contributed by atoms with Gasteiger partial charge in [0.2, 0.25) is 10.0 Å². The molecule has 20 heavy (non-hydrogen) atoms. The smallest absolute Gasteiger partial charge is 0.242 e. The van der Waals surface area contributed by atoms with Crippen LogP contribution in [-0.4, -0.2) is 40.4 Å². The minimum Gasteiger partial charge on any atom is -0.397 e. The average Bonchev–Trinajstić information content (AvgIpc) is 2.38. The molecule has 0 spiro atoms. The van der Waals surface area contributed by atoms with Crippen molar-refractivity contribution in [2.75, 3.05) is 38.3 Å². The number of hydrogen-bond donors (Lipinski definition) is 1. The molecule has 6 nitrogen and oxygen atoms in total. The summed E-state index contributed by atoms with van der Waals surface area (Å²) in [6.45, 7) is 2.28. The highest BCUT2D eigenvalue weighted by Gasteiger charge is 2.19. The zero-order chi connectivity index (χ0) is 15.5. The normalized spacial score (nSPS) is 13.0. The number of nitriles is 1. The molecule has 1 atom stereocenters. The van der Waals surface area contributed by atoms with E-state index in [-0.39, 0.29) is 10.8 Å². The molecule has 0 aromatic heterocycles. The van der Waals surface area contributed by atoms with Crippen molar-refractivity contribution in [3.8, 4) is 6.07 Å². The highest BCUT2D eigenvalue weighted by molar-refractivity contribution is 7.89. The van der Waals surface area contributed by atoms with E-state index in [4.69, 9.17) is 11.0 Å². The molecule has 0 saturated heterocycles. The molecule has 0 fully saturated rings. The van der Waals surface area contributed by atoms with Gasteiger partial charge in [-0.1, -0.05) is 0 Å². The number of rotatable bonds is 5. The van der Waals surface area contributed by atoms with E-state index in [1.807, 2.05) is 0 Å².